The Hall–Kier alpha value is -7.01. The number of aromatic nitrogens is 2. The summed E-state index contributed by atoms with van der Waals surface area (Å²) in [6.07, 6.45) is 3.72. The number of rotatable bonds is 8. The van der Waals surface area contributed by atoms with Crippen LogP contribution in [0.3, 0.4) is 0 Å². The maximum absolute atomic E-state index is 16.1. The average molecular weight is 1060 g/mol. The topological polar surface area (TPSA) is 34.6 Å². The van der Waals surface area contributed by atoms with Crippen molar-refractivity contribution in [1.82, 2.24) is 8.96 Å². The number of nitrogens with zero attached hydrogens (tertiary/aromatic N) is 4. The Kier molecular flexibility index (Phi) is 13.6. The van der Waals surface area contributed by atoms with Gasteiger partial charge >= 0.3 is 32.6 Å². The first-order chi connectivity index (χ1) is 35.2. The number of aliphatic imine (C=N–C) groups is 2. The van der Waals surface area contributed by atoms with Gasteiger partial charge in [0.25, 0.3) is 0 Å². The summed E-state index contributed by atoms with van der Waals surface area (Å²) < 4.78 is 155. The largest absolute Gasteiger partial charge is 0.677 e. The first-order valence-corrected chi connectivity index (χ1v) is 25.1. The van der Waals surface area contributed by atoms with E-state index in [1.165, 1.54) is 13.8 Å². The molecule has 0 saturated heterocycles. The quantitative estimate of drug-likeness (QED) is 0.0827. The second kappa shape index (κ2) is 19.3. The monoisotopic (exact) mass is 1060 g/mol. The van der Waals surface area contributed by atoms with Crippen molar-refractivity contribution in [3.05, 3.63) is 194 Å². The summed E-state index contributed by atoms with van der Waals surface area (Å²) in [6.45, 7) is 16.7. The maximum Gasteiger partial charge on any atom is 0.677 e. The first-order valence-electron chi connectivity index (χ1n) is 23.5. The molecule has 6 aromatic rings. The van der Waals surface area contributed by atoms with E-state index >= 15 is 26.3 Å². The minimum absolute atomic E-state index is 0.0546. The lowest BCUT2D eigenvalue weighted by molar-refractivity contribution is -0.254. The molecule has 4 nitrogen and oxygen atoms in total. The summed E-state index contributed by atoms with van der Waals surface area (Å²) >= 11 is 1.75. The summed E-state index contributed by atoms with van der Waals surface area (Å²) in [6, 6.07) is 19.0. The molecule has 380 valence electrons. The Morgan fingerprint density at radius 3 is 1.15 bits per heavy atom. The van der Waals surface area contributed by atoms with Crippen molar-refractivity contribution in [2.75, 3.05) is 0 Å². The molecular weight excluding hydrogens is 1020 g/mol. The van der Waals surface area contributed by atoms with Gasteiger partial charge in [-0.15, -0.1) is 22.7 Å². The third kappa shape index (κ3) is 9.03. The SMILES string of the molecule is CC1=CC(C)=N/C1=C(/c1ccc(C#Cc2cc(C3=C(c4cc(C#Cc5ccc(/C(=C6/N=C(C)C=C6C)c6c(C)cc(C)n6B(F)F)cc5)sc4C)C(F)(F)C(F)(F)C3(F)F)c(C)s2)cc1)c1c(C)cc(C)n1B(F)F. The molecule has 18 heteroatoms. The van der Waals surface area contributed by atoms with E-state index in [1.807, 2.05) is 39.8 Å². The Bertz CT molecular complexity index is 3510. The normalized spacial score (nSPS) is 17.8. The van der Waals surface area contributed by atoms with Gasteiger partial charge in [-0.3, -0.25) is 27.2 Å². The number of hydrogen-bond acceptors (Lipinski definition) is 4. The van der Waals surface area contributed by atoms with E-state index in [0.717, 1.165) is 54.9 Å². The Labute approximate surface area is 436 Å². The van der Waals surface area contributed by atoms with E-state index < -0.39 is 54.8 Å². The minimum Gasteiger partial charge on any atom is -0.329 e. The van der Waals surface area contributed by atoms with Crippen LogP contribution in [0.4, 0.5) is 43.6 Å². The Morgan fingerprint density at radius 1 is 0.493 bits per heavy atom. The molecule has 0 saturated carbocycles. The molecule has 2 aliphatic heterocycles. The van der Waals surface area contributed by atoms with Gasteiger partial charge in [-0.25, -0.2) is 0 Å². The molecule has 0 bridgehead atoms. The second-order valence-electron chi connectivity index (χ2n) is 18.8. The van der Waals surface area contributed by atoms with Crippen LogP contribution in [0.5, 0.6) is 0 Å². The Morgan fingerprint density at radius 2 is 0.840 bits per heavy atom. The summed E-state index contributed by atoms with van der Waals surface area (Å²) in [5.41, 5.74) is 5.62. The third-order valence-electron chi connectivity index (χ3n) is 13.4. The van der Waals surface area contributed by atoms with Crippen LogP contribution in [-0.2, 0) is 0 Å². The molecule has 0 spiro atoms. The maximum atomic E-state index is 16.1. The highest BCUT2D eigenvalue weighted by Gasteiger charge is 2.80. The number of thiophene rings is 2. The fraction of sp³-hybridized carbons (Fsp3) is 0.228. The average Bonchev–Trinajstić information content (AvgIpc) is 4.21. The van der Waals surface area contributed by atoms with Gasteiger partial charge in [-0.2, -0.15) is 26.3 Å². The zero-order chi connectivity index (χ0) is 54.4. The van der Waals surface area contributed by atoms with Crippen molar-refractivity contribution >= 4 is 71.2 Å². The van der Waals surface area contributed by atoms with Gasteiger partial charge in [0, 0.05) is 77.4 Å². The molecule has 0 radical (unpaired) electrons. The van der Waals surface area contributed by atoms with Crippen molar-refractivity contribution in [2.45, 2.75) is 87.0 Å². The fourth-order valence-electron chi connectivity index (χ4n) is 10.1. The molecule has 0 N–H and O–H groups in total. The molecule has 0 atom stereocenters. The molecule has 75 heavy (non-hydrogen) atoms. The molecular formula is C57H44B2F10N4S2. The fourth-order valence-corrected chi connectivity index (χ4v) is 11.9. The van der Waals surface area contributed by atoms with Crippen LogP contribution in [0.2, 0.25) is 0 Å². The molecule has 2 aromatic carbocycles. The number of aryl methyl sites for hydroxylation is 6. The molecule has 6 heterocycles. The molecule has 0 fully saturated rings. The van der Waals surface area contributed by atoms with Crippen LogP contribution in [0.15, 0.2) is 117 Å². The lowest BCUT2D eigenvalue weighted by atomic mass is 9.94. The smallest absolute Gasteiger partial charge is 0.329 e. The van der Waals surface area contributed by atoms with E-state index in [2.05, 4.69) is 33.7 Å². The van der Waals surface area contributed by atoms with Crippen molar-refractivity contribution in [3.63, 3.8) is 0 Å². The van der Waals surface area contributed by atoms with E-state index in [9.17, 15) is 17.3 Å². The second-order valence-corrected chi connectivity index (χ2v) is 21.3. The van der Waals surface area contributed by atoms with Crippen molar-refractivity contribution in [3.8, 4) is 23.7 Å². The molecule has 4 aromatic heterocycles. The number of allylic oxidation sites excluding steroid dienone is 6. The number of alkyl halides is 6. The van der Waals surface area contributed by atoms with Gasteiger partial charge in [0.15, 0.2) is 0 Å². The standard InChI is InChI=1S/C57H44B2F10N4S2/c1-29-23-33(5)70-51(29)47(53-31(3)25-35(7)72(53)58(66)67)41-17-11-39(12-18-41)15-21-43-27-45(37(9)74-43)49-50(56(62,63)57(64,65)55(49,60)61)46-28-44(75-38(46)10)22-16-40-13-19-42(20-14-40)48(52-30(2)24-34(6)71-52)54-32(4)26-36(8)73(54)59(68)69/h11-14,17-20,23-28H,1-10H3/b51-47-,52-48-. The highest BCUT2D eigenvalue weighted by atomic mass is 32.1. The van der Waals surface area contributed by atoms with Gasteiger partial charge in [0.1, 0.15) is 0 Å². The minimum atomic E-state index is -5.80. The van der Waals surface area contributed by atoms with Crippen LogP contribution in [-0.4, -0.2) is 53.0 Å². The van der Waals surface area contributed by atoms with Gasteiger partial charge < -0.3 is 8.96 Å². The zero-order valence-corrected chi connectivity index (χ0v) is 43.8. The van der Waals surface area contributed by atoms with Crippen LogP contribution < -0.4 is 0 Å². The molecule has 0 amide bonds. The molecule has 0 unspecified atom stereocenters. The van der Waals surface area contributed by atoms with E-state index in [0.29, 0.717) is 90.1 Å². The van der Waals surface area contributed by atoms with E-state index in [-0.39, 0.29) is 19.5 Å². The van der Waals surface area contributed by atoms with Crippen molar-refractivity contribution < 1.29 is 43.6 Å². The predicted molar refractivity (Wildman–Crippen MR) is 285 cm³/mol. The van der Waals surface area contributed by atoms with Crippen molar-refractivity contribution in [1.29, 1.82) is 0 Å². The Balaban J connectivity index is 1.05. The highest BCUT2D eigenvalue weighted by molar-refractivity contribution is 7.13. The van der Waals surface area contributed by atoms with Crippen LogP contribution in [0.25, 0.3) is 22.3 Å². The number of hydrogen-bond donors (Lipinski definition) is 0. The summed E-state index contributed by atoms with van der Waals surface area (Å²) in [5, 5.41) is 0. The molecule has 9 rings (SSSR count). The predicted octanol–water partition coefficient (Wildman–Crippen LogP) is 15.8. The van der Waals surface area contributed by atoms with Crippen LogP contribution in [0, 0.1) is 65.2 Å². The number of halogens is 10. The highest BCUT2D eigenvalue weighted by Crippen LogP contribution is 2.66. The molecule has 3 aliphatic rings. The van der Waals surface area contributed by atoms with Crippen molar-refractivity contribution in [2.24, 2.45) is 9.98 Å². The van der Waals surface area contributed by atoms with Crippen LogP contribution in [0.1, 0.15) is 114 Å². The molecule has 1 aliphatic carbocycles. The first kappa shape index (κ1) is 52.8. The van der Waals surface area contributed by atoms with Gasteiger partial charge in [-0.1, -0.05) is 47.9 Å². The summed E-state index contributed by atoms with van der Waals surface area (Å²) in [4.78, 5) is 9.73. The lowest BCUT2D eigenvalue weighted by Gasteiger charge is -2.25. The van der Waals surface area contributed by atoms with Crippen LogP contribution >= 0.6 is 22.7 Å². The third-order valence-corrected chi connectivity index (χ3v) is 15.3. The summed E-state index contributed by atoms with van der Waals surface area (Å²) in [5.74, 6) is -4.80. The van der Waals surface area contributed by atoms with Gasteiger partial charge in [0.05, 0.1) is 21.1 Å². The van der Waals surface area contributed by atoms with E-state index in [4.69, 9.17) is 0 Å². The van der Waals surface area contributed by atoms with Gasteiger partial charge in [0.2, 0.25) is 0 Å². The lowest BCUT2D eigenvalue weighted by Crippen LogP contribution is -2.48. The number of benzene rings is 2. The van der Waals surface area contributed by atoms with E-state index in [1.54, 1.807) is 88.4 Å². The summed E-state index contributed by atoms with van der Waals surface area (Å²) in [7, 11) is -5.66. The zero-order valence-electron chi connectivity index (χ0n) is 42.1. The van der Waals surface area contributed by atoms with Gasteiger partial charge in [-0.05, 0) is 174 Å².